The van der Waals surface area contributed by atoms with E-state index >= 15 is 0 Å². The van der Waals surface area contributed by atoms with Gasteiger partial charge in [0.25, 0.3) is 0 Å². The number of nitrogens with one attached hydrogen (secondary N) is 1. The van der Waals surface area contributed by atoms with E-state index in [9.17, 15) is 18.5 Å². The predicted molar refractivity (Wildman–Crippen MR) is 94.3 cm³/mol. The van der Waals surface area contributed by atoms with Gasteiger partial charge < -0.3 is 5.32 Å². The van der Waals surface area contributed by atoms with E-state index in [0.717, 1.165) is 22.9 Å². The Bertz CT molecular complexity index is 856. The molecule has 6 nitrogen and oxygen atoms in total. The van der Waals surface area contributed by atoms with Crippen molar-refractivity contribution in [3.63, 3.8) is 0 Å². The predicted octanol–water partition coefficient (Wildman–Crippen LogP) is 3.27. The van der Waals surface area contributed by atoms with Gasteiger partial charge in [0, 0.05) is 12.8 Å². The number of sulfone groups is 1. The normalized spacial score (nSPS) is 11.3. The second kappa shape index (κ2) is 7.00. The van der Waals surface area contributed by atoms with Crippen LogP contribution >= 0.6 is 0 Å². The molecule has 0 aliphatic carbocycles. The number of hydrogen-bond acceptors (Lipinski definition) is 5. The Morgan fingerprint density at radius 3 is 2.29 bits per heavy atom. The standard InChI is InChI=1S/C17H20N2O4S/c1-12-9-13(2)11-14(10-12)7-8-18-15-5-4-6-16(24(3,22)23)17(15)19(20)21/h4-6,9-11,18H,7-8H2,1-3H3. The molecular formula is C17H20N2O4S. The summed E-state index contributed by atoms with van der Waals surface area (Å²) in [6.45, 7) is 4.51. The molecule has 0 fully saturated rings. The van der Waals surface area contributed by atoms with Crippen molar-refractivity contribution in [1.29, 1.82) is 0 Å². The highest BCUT2D eigenvalue weighted by Gasteiger charge is 2.25. The van der Waals surface area contributed by atoms with Crippen LogP contribution in [-0.2, 0) is 16.3 Å². The van der Waals surface area contributed by atoms with Crippen LogP contribution in [0.5, 0.6) is 0 Å². The number of aryl methyl sites for hydroxylation is 2. The molecule has 24 heavy (non-hydrogen) atoms. The molecule has 0 radical (unpaired) electrons. The smallest absolute Gasteiger partial charge is 0.310 e. The molecule has 0 aromatic heterocycles. The molecule has 0 bridgehead atoms. The highest BCUT2D eigenvalue weighted by atomic mass is 32.2. The highest BCUT2D eigenvalue weighted by Crippen LogP contribution is 2.31. The molecule has 0 amide bonds. The SMILES string of the molecule is Cc1cc(C)cc(CCNc2cccc(S(C)(=O)=O)c2[N+](=O)[O-])c1. The Kier molecular flexibility index (Phi) is 5.23. The van der Waals surface area contributed by atoms with Gasteiger partial charge in [0.05, 0.1) is 4.92 Å². The quantitative estimate of drug-likeness (QED) is 0.639. The third-order valence-corrected chi connectivity index (χ3v) is 4.72. The van der Waals surface area contributed by atoms with Crippen molar-refractivity contribution in [2.75, 3.05) is 18.1 Å². The zero-order chi connectivity index (χ0) is 17.9. The number of nitro groups is 1. The second-order valence-corrected chi connectivity index (χ2v) is 7.84. The van der Waals surface area contributed by atoms with Crippen LogP contribution in [0.1, 0.15) is 16.7 Å². The molecule has 0 atom stereocenters. The molecular weight excluding hydrogens is 328 g/mol. The topological polar surface area (TPSA) is 89.3 Å². The Morgan fingerprint density at radius 1 is 1.12 bits per heavy atom. The molecule has 0 aliphatic rings. The minimum Gasteiger partial charge on any atom is -0.379 e. The highest BCUT2D eigenvalue weighted by molar-refractivity contribution is 7.90. The number of nitrogens with zero attached hydrogens (tertiary/aromatic N) is 1. The maximum Gasteiger partial charge on any atom is 0.310 e. The second-order valence-electron chi connectivity index (χ2n) is 5.85. The van der Waals surface area contributed by atoms with Crippen LogP contribution in [0.25, 0.3) is 0 Å². The van der Waals surface area contributed by atoms with E-state index in [0.29, 0.717) is 13.0 Å². The lowest BCUT2D eigenvalue weighted by Crippen LogP contribution is -2.10. The summed E-state index contributed by atoms with van der Waals surface area (Å²) < 4.78 is 23.5. The Morgan fingerprint density at radius 2 is 1.75 bits per heavy atom. The van der Waals surface area contributed by atoms with E-state index in [-0.39, 0.29) is 10.6 Å². The van der Waals surface area contributed by atoms with Crippen molar-refractivity contribution in [3.8, 4) is 0 Å². The molecule has 0 spiro atoms. The summed E-state index contributed by atoms with van der Waals surface area (Å²) in [6.07, 6.45) is 1.65. The first-order valence-corrected chi connectivity index (χ1v) is 9.36. The van der Waals surface area contributed by atoms with Gasteiger partial charge >= 0.3 is 5.69 Å². The number of anilines is 1. The molecule has 0 aliphatic heterocycles. The van der Waals surface area contributed by atoms with Crippen LogP contribution in [0.3, 0.4) is 0 Å². The first-order valence-electron chi connectivity index (χ1n) is 7.47. The van der Waals surface area contributed by atoms with Gasteiger partial charge in [-0.2, -0.15) is 0 Å². The number of rotatable bonds is 6. The molecule has 0 saturated heterocycles. The number of benzene rings is 2. The zero-order valence-corrected chi connectivity index (χ0v) is 14.7. The van der Waals surface area contributed by atoms with Crippen molar-refractivity contribution in [1.82, 2.24) is 0 Å². The van der Waals surface area contributed by atoms with Gasteiger partial charge in [-0.05, 0) is 38.0 Å². The van der Waals surface area contributed by atoms with E-state index in [1.54, 1.807) is 0 Å². The third-order valence-electron chi connectivity index (χ3n) is 3.59. The molecule has 0 unspecified atom stereocenters. The molecule has 2 rings (SSSR count). The van der Waals surface area contributed by atoms with Gasteiger partial charge in [-0.15, -0.1) is 0 Å². The van der Waals surface area contributed by atoms with Gasteiger partial charge in [-0.1, -0.05) is 35.4 Å². The summed E-state index contributed by atoms with van der Waals surface area (Å²) >= 11 is 0. The summed E-state index contributed by atoms with van der Waals surface area (Å²) in [5.74, 6) is 0. The summed E-state index contributed by atoms with van der Waals surface area (Å²) in [5.41, 5.74) is 3.26. The van der Waals surface area contributed by atoms with Crippen LogP contribution in [0, 0.1) is 24.0 Å². The molecule has 2 aromatic rings. The first-order chi connectivity index (χ1) is 11.2. The molecule has 0 saturated carbocycles. The minimum atomic E-state index is -3.67. The average Bonchev–Trinajstić information content (AvgIpc) is 2.44. The van der Waals surface area contributed by atoms with Crippen molar-refractivity contribution in [2.45, 2.75) is 25.2 Å². The lowest BCUT2D eigenvalue weighted by Gasteiger charge is -2.10. The maximum atomic E-state index is 11.7. The monoisotopic (exact) mass is 348 g/mol. The summed E-state index contributed by atoms with van der Waals surface area (Å²) in [5, 5.41) is 14.3. The maximum absolute atomic E-state index is 11.7. The van der Waals surface area contributed by atoms with Gasteiger partial charge in [0.1, 0.15) is 10.6 Å². The molecule has 128 valence electrons. The van der Waals surface area contributed by atoms with E-state index < -0.39 is 20.4 Å². The minimum absolute atomic E-state index is 0.215. The third kappa shape index (κ3) is 4.32. The Balaban J connectivity index is 2.22. The fourth-order valence-electron chi connectivity index (χ4n) is 2.71. The van der Waals surface area contributed by atoms with Crippen molar-refractivity contribution < 1.29 is 13.3 Å². The van der Waals surface area contributed by atoms with Crippen LogP contribution in [0.15, 0.2) is 41.3 Å². The molecule has 7 heteroatoms. The van der Waals surface area contributed by atoms with Gasteiger partial charge in [0.2, 0.25) is 0 Å². The van der Waals surface area contributed by atoms with Gasteiger partial charge in [-0.25, -0.2) is 8.42 Å². The van der Waals surface area contributed by atoms with E-state index in [1.807, 2.05) is 13.8 Å². The summed E-state index contributed by atoms with van der Waals surface area (Å²) in [6, 6.07) is 10.5. The number of nitro benzene ring substituents is 1. The average molecular weight is 348 g/mol. The fraction of sp³-hybridized carbons (Fsp3) is 0.294. The van der Waals surface area contributed by atoms with E-state index in [4.69, 9.17) is 0 Å². The van der Waals surface area contributed by atoms with Crippen LogP contribution in [0.2, 0.25) is 0 Å². The first kappa shape index (κ1) is 17.9. The van der Waals surface area contributed by atoms with Crippen LogP contribution in [-0.4, -0.2) is 26.1 Å². The molecule has 2 aromatic carbocycles. The molecule has 1 N–H and O–H groups in total. The summed E-state index contributed by atoms with van der Waals surface area (Å²) in [4.78, 5) is 10.4. The van der Waals surface area contributed by atoms with E-state index in [2.05, 4.69) is 23.5 Å². The number of hydrogen-bond donors (Lipinski definition) is 1. The fourth-order valence-corrected chi connectivity index (χ4v) is 3.57. The summed E-state index contributed by atoms with van der Waals surface area (Å²) in [7, 11) is -3.67. The largest absolute Gasteiger partial charge is 0.379 e. The van der Waals surface area contributed by atoms with Crippen LogP contribution in [0.4, 0.5) is 11.4 Å². The van der Waals surface area contributed by atoms with Gasteiger partial charge in [0.15, 0.2) is 9.84 Å². The lowest BCUT2D eigenvalue weighted by molar-refractivity contribution is -0.386. The van der Waals surface area contributed by atoms with Crippen molar-refractivity contribution in [2.24, 2.45) is 0 Å². The van der Waals surface area contributed by atoms with E-state index in [1.165, 1.54) is 18.2 Å². The molecule has 0 heterocycles. The van der Waals surface area contributed by atoms with Crippen molar-refractivity contribution in [3.05, 3.63) is 63.2 Å². The van der Waals surface area contributed by atoms with Gasteiger partial charge in [-0.3, -0.25) is 10.1 Å². The number of para-hydroxylation sites is 1. The Hall–Kier alpha value is -2.41. The lowest BCUT2D eigenvalue weighted by atomic mass is 10.1. The van der Waals surface area contributed by atoms with Crippen molar-refractivity contribution >= 4 is 21.2 Å². The van der Waals surface area contributed by atoms with Crippen LogP contribution < -0.4 is 5.32 Å². The zero-order valence-electron chi connectivity index (χ0n) is 13.9. The Labute approximate surface area is 141 Å².